The molecule has 0 heterocycles. The molecule has 1 amide bonds. The summed E-state index contributed by atoms with van der Waals surface area (Å²) in [5, 5.41) is 13.1. The molecule has 3 rings (SSSR count). The molecular weight excluding hydrogens is 316 g/mol. The number of carbonyl (C=O) groups is 2. The Kier molecular flexibility index (Phi) is 5.23. The third-order valence-electron chi connectivity index (χ3n) is 4.34. The zero-order valence-corrected chi connectivity index (χ0v) is 13.8. The van der Waals surface area contributed by atoms with E-state index in [4.69, 9.17) is 5.11 Å². The van der Waals surface area contributed by atoms with Crippen molar-refractivity contribution >= 4 is 17.6 Å². The maximum absolute atomic E-state index is 12.3. The Bertz CT molecular complexity index is 772. The third-order valence-corrected chi connectivity index (χ3v) is 4.34. The van der Waals surface area contributed by atoms with Gasteiger partial charge in [0.2, 0.25) is 5.91 Å². The standard InChI is InChI=1S/C20H20N2O3/c23-19(24)12-11-18(15-9-5-2-6-10-15)21-22-20(25)17-13-16(17)14-7-3-1-4-8-14/h1-10,16-17H,11-13H2,(H,22,25)(H,23,24)/t16-,17-/m1/s1. The van der Waals surface area contributed by atoms with E-state index in [0.717, 1.165) is 12.0 Å². The fourth-order valence-corrected chi connectivity index (χ4v) is 2.88. The molecule has 1 aliphatic rings. The molecule has 128 valence electrons. The van der Waals surface area contributed by atoms with E-state index in [-0.39, 0.29) is 30.6 Å². The van der Waals surface area contributed by atoms with Gasteiger partial charge in [0.05, 0.1) is 12.1 Å². The normalized spacial score (nSPS) is 19.3. The summed E-state index contributed by atoms with van der Waals surface area (Å²) in [6.07, 6.45) is 1.06. The van der Waals surface area contributed by atoms with Crippen LogP contribution in [-0.4, -0.2) is 22.7 Å². The fourth-order valence-electron chi connectivity index (χ4n) is 2.88. The molecule has 0 saturated heterocycles. The molecule has 2 atom stereocenters. The Morgan fingerprint density at radius 3 is 2.28 bits per heavy atom. The van der Waals surface area contributed by atoms with Crippen LogP contribution in [0.5, 0.6) is 0 Å². The largest absolute Gasteiger partial charge is 0.481 e. The molecule has 1 saturated carbocycles. The summed E-state index contributed by atoms with van der Waals surface area (Å²) in [5.41, 5.74) is 5.19. The van der Waals surface area contributed by atoms with Gasteiger partial charge in [-0.3, -0.25) is 9.59 Å². The van der Waals surface area contributed by atoms with Crippen LogP contribution in [0.15, 0.2) is 65.8 Å². The zero-order chi connectivity index (χ0) is 17.6. The first-order valence-electron chi connectivity index (χ1n) is 8.33. The predicted molar refractivity (Wildman–Crippen MR) is 95.3 cm³/mol. The second kappa shape index (κ2) is 7.75. The van der Waals surface area contributed by atoms with Crippen molar-refractivity contribution in [1.29, 1.82) is 0 Å². The quantitative estimate of drug-likeness (QED) is 0.602. The van der Waals surface area contributed by atoms with Crippen molar-refractivity contribution in [1.82, 2.24) is 5.43 Å². The maximum atomic E-state index is 12.3. The van der Waals surface area contributed by atoms with E-state index in [0.29, 0.717) is 5.71 Å². The lowest BCUT2D eigenvalue weighted by molar-refractivity contribution is -0.136. The smallest absolute Gasteiger partial charge is 0.303 e. The summed E-state index contributed by atoms with van der Waals surface area (Å²) >= 11 is 0. The molecule has 1 fully saturated rings. The number of hydrogen-bond acceptors (Lipinski definition) is 3. The van der Waals surface area contributed by atoms with Crippen LogP contribution in [0, 0.1) is 5.92 Å². The summed E-state index contributed by atoms with van der Waals surface area (Å²) in [6, 6.07) is 19.3. The molecule has 2 aromatic rings. The first-order valence-corrected chi connectivity index (χ1v) is 8.33. The number of carboxylic acid groups (broad SMARTS) is 1. The summed E-state index contributed by atoms with van der Waals surface area (Å²) in [7, 11) is 0. The number of hydrazone groups is 1. The number of benzene rings is 2. The zero-order valence-electron chi connectivity index (χ0n) is 13.8. The van der Waals surface area contributed by atoms with Crippen molar-refractivity contribution in [2.75, 3.05) is 0 Å². The van der Waals surface area contributed by atoms with Crippen molar-refractivity contribution in [3.63, 3.8) is 0 Å². The van der Waals surface area contributed by atoms with Crippen molar-refractivity contribution < 1.29 is 14.7 Å². The number of hydrogen-bond donors (Lipinski definition) is 2. The van der Waals surface area contributed by atoms with Crippen LogP contribution in [0.3, 0.4) is 0 Å². The van der Waals surface area contributed by atoms with Crippen molar-refractivity contribution in [3.05, 3.63) is 71.8 Å². The molecule has 0 aliphatic heterocycles. The van der Waals surface area contributed by atoms with E-state index >= 15 is 0 Å². The summed E-state index contributed by atoms with van der Waals surface area (Å²) in [6.45, 7) is 0. The molecule has 5 nitrogen and oxygen atoms in total. The predicted octanol–water partition coefficient (Wildman–Crippen LogP) is 3.18. The van der Waals surface area contributed by atoms with Gasteiger partial charge < -0.3 is 5.11 Å². The lowest BCUT2D eigenvalue weighted by Crippen LogP contribution is -2.22. The van der Waals surface area contributed by atoms with Crippen LogP contribution in [0.1, 0.15) is 36.3 Å². The van der Waals surface area contributed by atoms with Gasteiger partial charge in [0.15, 0.2) is 0 Å². The van der Waals surface area contributed by atoms with Gasteiger partial charge in [-0.2, -0.15) is 5.10 Å². The minimum Gasteiger partial charge on any atom is -0.481 e. The fraction of sp³-hybridized carbons (Fsp3) is 0.250. The SMILES string of the molecule is O=C(O)CCC(=NNC(=O)[C@@H]1C[C@@H]1c1ccccc1)c1ccccc1. The average Bonchev–Trinajstić information content (AvgIpc) is 3.44. The minimum absolute atomic E-state index is 0.0281. The molecule has 0 radical (unpaired) electrons. The van der Waals surface area contributed by atoms with Crippen LogP contribution < -0.4 is 5.43 Å². The van der Waals surface area contributed by atoms with Crippen molar-refractivity contribution in [2.45, 2.75) is 25.2 Å². The second-order valence-electron chi connectivity index (χ2n) is 6.15. The van der Waals surface area contributed by atoms with Gasteiger partial charge in [0.25, 0.3) is 0 Å². The number of nitrogens with one attached hydrogen (secondary N) is 1. The van der Waals surface area contributed by atoms with Crippen LogP contribution in [0.25, 0.3) is 0 Å². The first kappa shape index (κ1) is 16.9. The summed E-state index contributed by atoms with van der Waals surface area (Å²) < 4.78 is 0. The van der Waals surface area contributed by atoms with E-state index in [1.165, 1.54) is 5.56 Å². The Hall–Kier alpha value is -2.95. The molecule has 0 bridgehead atoms. The lowest BCUT2D eigenvalue weighted by Gasteiger charge is -2.06. The molecule has 0 spiro atoms. The summed E-state index contributed by atoms with van der Waals surface area (Å²) in [5.74, 6) is -0.822. The molecular formula is C20H20N2O3. The number of amides is 1. The molecule has 5 heteroatoms. The lowest BCUT2D eigenvalue weighted by atomic mass is 10.1. The molecule has 1 aliphatic carbocycles. The number of nitrogens with zero attached hydrogens (tertiary/aromatic N) is 1. The van der Waals surface area contributed by atoms with Crippen molar-refractivity contribution in [3.8, 4) is 0 Å². The molecule has 0 aromatic heterocycles. The van der Waals surface area contributed by atoms with Gasteiger partial charge in [-0.25, -0.2) is 5.43 Å². The van der Waals surface area contributed by atoms with Gasteiger partial charge in [0.1, 0.15) is 0 Å². The second-order valence-corrected chi connectivity index (χ2v) is 6.15. The summed E-state index contributed by atoms with van der Waals surface area (Å²) in [4.78, 5) is 23.2. The number of carboxylic acids is 1. The monoisotopic (exact) mass is 336 g/mol. The van der Waals surface area contributed by atoms with E-state index in [1.54, 1.807) is 0 Å². The molecule has 0 unspecified atom stereocenters. The Labute approximate surface area is 146 Å². The van der Waals surface area contributed by atoms with Crippen molar-refractivity contribution in [2.24, 2.45) is 11.0 Å². The Morgan fingerprint density at radius 2 is 1.64 bits per heavy atom. The maximum Gasteiger partial charge on any atom is 0.303 e. The Morgan fingerprint density at radius 1 is 1.00 bits per heavy atom. The van der Waals surface area contributed by atoms with E-state index < -0.39 is 5.97 Å². The highest BCUT2D eigenvalue weighted by atomic mass is 16.4. The van der Waals surface area contributed by atoms with E-state index in [2.05, 4.69) is 10.5 Å². The van der Waals surface area contributed by atoms with Gasteiger partial charge >= 0.3 is 5.97 Å². The van der Waals surface area contributed by atoms with E-state index in [1.807, 2.05) is 60.7 Å². The number of aliphatic carboxylic acids is 1. The average molecular weight is 336 g/mol. The Balaban J connectivity index is 1.65. The molecule has 2 aromatic carbocycles. The molecule has 2 N–H and O–H groups in total. The van der Waals surface area contributed by atoms with Gasteiger partial charge in [-0.15, -0.1) is 0 Å². The van der Waals surface area contributed by atoms with Gasteiger partial charge in [0, 0.05) is 12.3 Å². The highest BCUT2D eigenvalue weighted by Gasteiger charge is 2.43. The number of rotatable bonds is 7. The first-order chi connectivity index (χ1) is 12.1. The highest BCUT2D eigenvalue weighted by Crippen LogP contribution is 2.47. The minimum atomic E-state index is -0.888. The number of carbonyl (C=O) groups excluding carboxylic acids is 1. The van der Waals surface area contributed by atoms with Crippen LogP contribution in [0.4, 0.5) is 0 Å². The highest BCUT2D eigenvalue weighted by molar-refractivity contribution is 6.02. The van der Waals surface area contributed by atoms with Gasteiger partial charge in [-0.1, -0.05) is 60.7 Å². The van der Waals surface area contributed by atoms with E-state index in [9.17, 15) is 9.59 Å². The van der Waals surface area contributed by atoms with Crippen LogP contribution in [-0.2, 0) is 9.59 Å². The third kappa shape index (κ3) is 4.53. The molecule has 25 heavy (non-hydrogen) atoms. The van der Waals surface area contributed by atoms with Crippen LogP contribution in [0.2, 0.25) is 0 Å². The van der Waals surface area contributed by atoms with Crippen LogP contribution >= 0.6 is 0 Å². The topological polar surface area (TPSA) is 78.8 Å². The van der Waals surface area contributed by atoms with Gasteiger partial charge in [-0.05, 0) is 23.5 Å².